The molecule has 0 aromatic heterocycles. The van der Waals surface area contributed by atoms with E-state index in [9.17, 15) is 4.79 Å². The molecule has 4 heteroatoms. The van der Waals surface area contributed by atoms with E-state index < -0.39 is 0 Å². The van der Waals surface area contributed by atoms with Crippen LogP contribution in [0.4, 0.5) is 5.69 Å². The number of ether oxygens (including phenoxy) is 1. The SMILES string of the molecule is COCC(=O)NCC#Cc1ccc(N(C)C)cc1. The van der Waals surface area contributed by atoms with Crippen LogP contribution in [-0.2, 0) is 9.53 Å². The smallest absolute Gasteiger partial charge is 0.246 e. The van der Waals surface area contributed by atoms with Crippen molar-refractivity contribution in [2.45, 2.75) is 0 Å². The highest BCUT2D eigenvalue weighted by atomic mass is 16.5. The Morgan fingerprint density at radius 3 is 2.56 bits per heavy atom. The van der Waals surface area contributed by atoms with Crippen LogP contribution in [0.3, 0.4) is 0 Å². The van der Waals surface area contributed by atoms with Gasteiger partial charge in [0, 0.05) is 32.5 Å². The highest BCUT2D eigenvalue weighted by Crippen LogP contribution is 2.11. The van der Waals surface area contributed by atoms with Gasteiger partial charge in [0.1, 0.15) is 6.61 Å². The molecule has 1 N–H and O–H groups in total. The van der Waals surface area contributed by atoms with Crippen molar-refractivity contribution < 1.29 is 9.53 Å². The van der Waals surface area contributed by atoms with Gasteiger partial charge in [-0.25, -0.2) is 0 Å². The highest BCUT2D eigenvalue weighted by molar-refractivity contribution is 5.77. The molecule has 0 atom stereocenters. The van der Waals surface area contributed by atoms with Crippen LogP contribution < -0.4 is 10.2 Å². The lowest BCUT2D eigenvalue weighted by Gasteiger charge is -2.11. The molecule has 0 spiro atoms. The Kier molecular flexibility index (Phi) is 5.75. The Hall–Kier alpha value is -1.99. The monoisotopic (exact) mass is 246 g/mol. The topological polar surface area (TPSA) is 41.6 Å². The van der Waals surface area contributed by atoms with E-state index >= 15 is 0 Å². The maximum atomic E-state index is 11.1. The zero-order chi connectivity index (χ0) is 13.4. The molecule has 4 nitrogen and oxygen atoms in total. The average molecular weight is 246 g/mol. The fourth-order valence-corrected chi connectivity index (χ4v) is 1.31. The first kappa shape index (κ1) is 14.1. The second-order valence-corrected chi connectivity index (χ2v) is 3.95. The Bertz CT molecular complexity index is 441. The van der Waals surface area contributed by atoms with Crippen LogP contribution in [0, 0.1) is 11.8 Å². The standard InChI is InChI=1S/C14H18N2O2/c1-16(2)13-8-6-12(7-9-13)5-4-10-15-14(17)11-18-3/h6-9H,10-11H2,1-3H3,(H,15,17). The molecular formula is C14H18N2O2. The first-order valence-corrected chi connectivity index (χ1v) is 5.65. The van der Waals surface area contributed by atoms with Gasteiger partial charge in [0.2, 0.25) is 5.91 Å². The van der Waals surface area contributed by atoms with Gasteiger partial charge in [-0.1, -0.05) is 11.8 Å². The van der Waals surface area contributed by atoms with Crippen LogP contribution in [0.5, 0.6) is 0 Å². The lowest BCUT2D eigenvalue weighted by atomic mass is 10.2. The first-order valence-electron chi connectivity index (χ1n) is 5.65. The Morgan fingerprint density at radius 1 is 1.33 bits per heavy atom. The number of nitrogens with one attached hydrogen (secondary N) is 1. The summed E-state index contributed by atoms with van der Waals surface area (Å²) in [6.07, 6.45) is 0. The molecule has 18 heavy (non-hydrogen) atoms. The molecule has 1 rings (SSSR count). The van der Waals surface area contributed by atoms with Gasteiger partial charge in [0.05, 0.1) is 6.54 Å². The minimum atomic E-state index is -0.158. The number of hydrogen-bond acceptors (Lipinski definition) is 3. The Labute approximate surface area is 108 Å². The first-order chi connectivity index (χ1) is 8.63. The molecular weight excluding hydrogens is 228 g/mol. The molecule has 0 aliphatic carbocycles. The van der Waals surface area contributed by atoms with Crippen molar-refractivity contribution in [3.05, 3.63) is 29.8 Å². The van der Waals surface area contributed by atoms with E-state index in [1.807, 2.05) is 43.3 Å². The van der Waals surface area contributed by atoms with Crippen molar-refractivity contribution >= 4 is 11.6 Å². The summed E-state index contributed by atoms with van der Waals surface area (Å²) < 4.78 is 4.69. The predicted octanol–water partition coefficient (Wildman–Crippen LogP) is 0.867. The number of amides is 1. The summed E-state index contributed by atoms with van der Waals surface area (Å²) >= 11 is 0. The number of carbonyl (C=O) groups is 1. The van der Waals surface area contributed by atoms with Crippen LogP contribution in [0.25, 0.3) is 0 Å². The van der Waals surface area contributed by atoms with Gasteiger partial charge in [-0.15, -0.1) is 0 Å². The van der Waals surface area contributed by atoms with E-state index in [4.69, 9.17) is 0 Å². The van der Waals surface area contributed by atoms with Crippen molar-refractivity contribution in [1.82, 2.24) is 5.32 Å². The Morgan fingerprint density at radius 2 is 2.00 bits per heavy atom. The maximum absolute atomic E-state index is 11.1. The summed E-state index contributed by atoms with van der Waals surface area (Å²) in [5.41, 5.74) is 2.07. The zero-order valence-corrected chi connectivity index (χ0v) is 11.0. The molecule has 0 saturated carbocycles. The molecule has 0 unspecified atom stereocenters. The van der Waals surface area contributed by atoms with Gasteiger partial charge in [-0.3, -0.25) is 4.79 Å². The van der Waals surface area contributed by atoms with Gasteiger partial charge in [-0.2, -0.15) is 0 Å². The lowest BCUT2D eigenvalue weighted by Crippen LogP contribution is -2.27. The molecule has 0 fully saturated rings. The predicted molar refractivity (Wildman–Crippen MR) is 72.5 cm³/mol. The number of hydrogen-bond donors (Lipinski definition) is 1. The molecule has 0 radical (unpaired) electrons. The number of nitrogens with zero attached hydrogens (tertiary/aromatic N) is 1. The van der Waals surface area contributed by atoms with Crippen molar-refractivity contribution in [2.24, 2.45) is 0 Å². The average Bonchev–Trinajstić information content (AvgIpc) is 2.35. The summed E-state index contributed by atoms with van der Waals surface area (Å²) in [6, 6.07) is 7.93. The minimum Gasteiger partial charge on any atom is -0.378 e. The lowest BCUT2D eigenvalue weighted by molar-refractivity contribution is -0.124. The number of carbonyl (C=O) groups excluding carboxylic acids is 1. The van der Waals surface area contributed by atoms with Crippen molar-refractivity contribution in [2.75, 3.05) is 39.3 Å². The molecule has 0 saturated heterocycles. The second-order valence-electron chi connectivity index (χ2n) is 3.95. The molecule has 0 bridgehead atoms. The van der Waals surface area contributed by atoms with Crippen molar-refractivity contribution in [3.8, 4) is 11.8 Å². The zero-order valence-electron chi connectivity index (χ0n) is 11.0. The van der Waals surface area contributed by atoms with Gasteiger partial charge >= 0.3 is 0 Å². The number of methoxy groups -OCH3 is 1. The summed E-state index contributed by atoms with van der Waals surface area (Å²) in [4.78, 5) is 13.1. The minimum absolute atomic E-state index is 0.0687. The largest absolute Gasteiger partial charge is 0.378 e. The molecule has 0 heterocycles. The van der Waals surface area contributed by atoms with Crippen LogP contribution in [0.15, 0.2) is 24.3 Å². The fraction of sp³-hybridized carbons (Fsp3) is 0.357. The van der Waals surface area contributed by atoms with Crippen molar-refractivity contribution in [1.29, 1.82) is 0 Å². The van der Waals surface area contributed by atoms with Crippen molar-refractivity contribution in [3.63, 3.8) is 0 Å². The number of anilines is 1. The third kappa shape index (κ3) is 4.89. The van der Waals surface area contributed by atoms with E-state index in [0.717, 1.165) is 11.3 Å². The van der Waals surface area contributed by atoms with Crippen LogP contribution in [-0.4, -0.2) is 40.3 Å². The molecule has 96 valence electrons. The van der Waals surface area contributed by atoms with Crippen LogP contribution in [0.1, 0.15) is 5.56 Å². The second kappa shape index (κ2) is 7.36. The number of benzene rings is 1. The Balaban J connectivity index is 2.45. The van der Waals surface area contributed by atoms with Gasteiger partial charge in [-0.05, 0) is 24.3 Å². The highest BCUT2D eigenvalue weighted by Gasteiger charge is 1.96. The fourth-order valence-electron chi connectivity index (χ4n) is 1.31. The van der Waals surface area contributed by atoms with E-state index in [2.05, 4.69) is 21.9 Å². The summed E-state index contributed by atoms with van der Waals surface area (Å²) in [5, 5.41) is 2.64. The molecule has 1 aromatic rings. The summed E-state index contributed by atoms with van der Waals surface area (Å²) in [6.45, 7) is 0.400. The van der Waals surface area contributed by atoms with E-state index in [1.54, 1.807) is 0 Å². The number of rotatable bonds is 4. The summed E-state index contributed by atoms with van der Waals surface area (Å²) in [5.74, 6) is 5.72. The van der Waals surface area contributed by atoms with Gasteiger partial charge < -0.3 is 15.0 Å². The van der Waals surface area contributed by atoms with Crippen LogP contribution in [0.2, 0.25) is 0 Å². The van der Waals surface area contributed by atoms with Crippen LogP contribution >= 0.6 is 0 Å². The van der Waals surface area contributed by atoms with Gasteiger partial charge in [0.25, 0.3) is 0 Å². The molecule has 0 aliphatic rings. The van der Waals surface area contributed by atoms with E-state index in [1.165, 1.54) is 7.11 Å². The molecule has 1 amide bonds. The summed E-state index contributed by atoms with van der Waals surface area (Å²) in [7, 11) is 5.47. The quantitative estimate of drug-likeness (QED) is 0.801. The third-order valence-corrected chi connectivity index (χ3v) is 2.27. The van der Waals surface area contributed by atoms with Gasteiger partial charge in [0.15, 0.2) is 0 Å². The van der Waals surface area contributed by atoms with E-state index in [-0.39, 0.29) is 12.5 Å². The molecule has 1 aromatic carbocycles. The molecule has 0 aliphatic heterocycles. The normalized spacial score (nSPS) is 9.28. The van der Waals surface area contributed by atoms with E-state index in [0.29, 0.717) is 6.54 Å². The third-order valence-electron chi connectivity index (χ3n) is 2.27. The maximum Gasteiger partial charge on any atom is 0.246 e.